The van der Waals surface area contributed by atoms with Gasteiger partial charge in [0.25, 0.3) is 5.91 Å². The van der Waals surface area contributed by atoms with Gasteiger partial charge >= 0.3 is 0 Å². The molecule has 1 aromatic carbocycles. The molecule has 3 aromatic rings. The summed E-state index contributed by atoms with van der Waals surface area (Å²) in [6.45, 7) is 0. The molecule has 3 heterocycles. The van der Waals surface area contributed by atoms with E-state index in [1.807, 2.05) is 0 Å². The molecule has 10 nitrogen and oxygen atoms in total. The molecule has 0 saturated carbocycles. The quantitative estimate of drug-likeness (QED) is 0.621. The van der Waals surface area contributed by atoms with Crippen LogP contribution in [0.4, 0.5) is 11.6 Å². The molecule has 0 radical (unpaired) electrons. The first kappa shape index (κ1) is 20.8. The summed E-state index contributed by atoms with van der Waals surface area (Å²) in [5.41, 5.74) is 0.920. The number of amides is 2. The third kappa shape index (κ3) is 3.73. The van der Waals surface area contributed by atoms with Gasteiger partial charge in [-0.15, -0.1) is 0 Å². The van der Waals surface area contributed by atoms with Gasteiger partial charge in [-0.3, -0.25) is 14.3 Å². The Bertz CT molecular complexity index is 1240. The zero-order chi connectivity index (χ0) is 22.3. The maximum atomic E-state index is 12.8. The van der Waals surface area contributed by atoms with Crippen LogP contribution in [0.1, 0.15) is 34.0 Å². The highest BCUT2D eigenvalue weighted by Gasteiger charge is 2.35. The van der Waals surface area contributed by atoms with Gasteiger partial charge in [-0.2, -0.15) is 5.10 Å². The average Bonchev–Trinajstić information content (AvgIpc) is 3.36. The van der Waals surface area contributed by atoms with Crippen molar-refractivity contribution in [1.82, 2.24) is 14.1 Å². The third-order valence-corrected chi connectivity index (χ3v) is 6.92. The highest BCUT2D eigenvalue weighted by molar-refractivity contribution is 7.89. The van der Waals surface area contributed by atoms with E-state index in [1.54, 1.807) is 19.2 Å². The molecule has 2 aromatic heterocycles. The predicted octanol–water partition coefficient (Wildman–Crippen LogP) is 1.99. The topological polar surface area (TPSA) is 127 Å². The van der Waals surface area contributed by atoms with Gasteiger partial charge in [0.2, 0.25) is 15.9 Å². The summed E-state index contributed by atoms with van der Waals surface area (Å²) in [6, 6.07) is 9.14. The summed E-state index contributed by atoms with van der Waals surface area (Å²) >= 11 is 0. The van der Waals surface area contributed by atoms with E-state index in [2.05, 4.69) is 15.7 Å². The number of furan rings is 1. The van der Waals surface area contributed by atoms with Crippen molar-refractivity contribution in [2.75, 3.05) is 24.7 Å². The molecule has 0 unspecified atom stereocenters. The van der Waals surface area contributed by atoms with Crippen molar-refractivity contribution in [2.24, 2.45) is 7.05 Å². The Morgan fingerprint density at radius 1 is 1.26 bits per heavy atom. The number of anilines is 2. The summed E-state index contributed by atoms with van der Waals surface area (Å²) in [7, 11) is 0.955. The van der Waals surface area contributed by atoms with Crippen LogP contribution < -0.4 is 10.6 Å². The standard InChI is InChI=1S/C20H21N5O5S/c1-24(2)31(28,29)13-8-6-12(7-9-13)20(27)22-18-17-14(15-5-4-10-30-15)11-16(26)21-19(17)25(3)23-18/h4-10,14H,11H2,1-3H3,(H,21,26)(H,22,23,27)/t14-/m0/s1. The second kappa shape index (κ2) is 7.67. The van der Waals surface area contributed by atoms with Gasteiger partial charge in [0.05, 0.1) is 22.6 Å². The highest BCUT2D eigenvalue weighted by atomic mass is 32.2. The van der Waals surface area contributed by atoms with Crippen LogP contribution in [0.5, 0.6) is 0 Å². The van der Waals surface area contributed by atoms with E-state index in [1.165, 1.54) is 49.3 Å². The smallest absolute Gasteiger partial charge is 0.256 e. The monoisotopic (exact) mass is 443 g/mol. The molecule has 1 aliphatic rings. The summed E-state index contributed by atoms with van der Waals surface area (Å²) in [6.07, 6.45) is 1.69. The Hall–Kier alpha value is -3.44. The van der Waals surface area contributed by atoms with Gasteiger partial charge < -0.3 is 15.1 Å². The molecule has 2 amide bonds. The number of hydrogen-bond donors (Lipinski definition) is 2. The fraction of sp³-hybridized carbons (Fsp3) is 0.250. The molecule has 0 saturated heterocycles. The number of carbonyl (C=O) groups is 2. The lowest BCUT2D eigenvalue weighted by Gasteiger charge is -2.22. The number of fused-ring (bicyclic) bond motifs is 1. The molecule has 0 spiro atoms. The van der Waals surface area contributed by atoms with Crippen molar-refractivity contribution in [1.29, 1.82) is 0 Å². The fourth-order valence-corrected chi connectivity index (χ4v) is 4.38. The van der Waals surface area contributed by atoms with Crippen LogP contribution in [0.15, 0.2) is 52.0 Å². The molecular weight excluding hydrogens is 422 g/mol. The van der Waals surface area contributed by atoms with Gasteiger partial charge in [0.15, 0.2) is 5.82 Å². The van der Waals surface area contributed by atoms with Crippen LogP contribution in [-0.2, 0) is 21.9 Å². The Labute approximate surface area is 178 Å². The first-order chi connectivity index (χ1) is 14.7. The fourth-order valence-electron chi connectivity index (χ4n) is 3.48. The SMILES string of the molecule is CN(C)S(=O)(=O)c1ccc(C(=O)Nc2nn(C)c3c2[C@H](c2ccco2)CC(=O)N3)cc1. The number of aromatic nitrogens is 2. The Kier molecular flexibility index (Phi) is 5.15. The lowest BCUT2D eigenvalue weighted by molar-refractivity contribution is -0.116. The van der Waals surface area contributed by atoms with Crippen molar-refractivity contribution >= 4 is 33.5 Å². The second-order valence-corrected chi connectivity index (χ2v) is 9.47. The second-order valence-electron chi connectivity index (χ2n) is 7.32. The zero-order valence-corrected chi connectivity index (χ0v) is 17.9. The van der Waals surface area contributed by atoms with Gasteiger partial charge in [-0.05, 0) is 36.4 Å². The molecule has 0 bridgehead atoms. The maximum Gasteiger partial charge on any atom is 0.256 e. The third-order valence-electron chi connectivity index (χ3n) is 5.09. The number of hydrogen-bond acceptors (Lipinski definition) is 6. The lowest BCUT2D eigenvalue weighted by Crippen LogP contribution is -2.25. The Morgan fingerprint density at radius 2 is 1.97 bits per heavy atom. The number of rotatable bonds is 5. The van der Waals surface area contributed by atoms with Gasteiger partial charge in [-0.1, -0.05) is 0 Å². The molecule has 11 heteroatoms. The Morgan fingerprint density at radius 3 is 2.58 bits per heavy atom. The van der Waals surface area contributed by atoms with Gasteiger partial charge in [0.1, 0.15) is 11.6 Å². The van der Waals surface area contributed by atoms with E-state index in [0.29, 0.717) is 23.0 Å². The molecule has 162 valence electrons. The Balaban J connectivity index is 1.64. The summed E-state index contributed by atoms with van der Waals surface area (Å²) < 4.78 is 32.5. The molecular formula is C20H21N5O5S. The van der Waals surface area contributed by atoms with Crippen molar-refractivity contribution in [2.45, 2.75) is 17.2 Å². The van der Waals surface area contributed by atoms with Crippen molar-refractivity contribution in [3.63, 3.8) is 0 Å². The van der Waals surface area contributed by atoms with Crippen LogP contribution in [-0.4, -0.2) is 48.4 Å². The number of aryl methyl sites for hydroxylation is 1. The first-order valence-electron chi connectivity index (χ1n) is 9.42. The molecule has 0 aliphatic carbocycles. The number of nitrogens with zero attached hydrogens (tertiary/aromatic N) is 3. The number of sulfonamides is 1. The average molecular weight is 443 g/mol. The van der Waals surface area contributed by atoms with Gasteiger partial charge in [0, 0.05) is 33.1 Å². The van der Waals surface area contributed by atoms with Crippen molar-refractivity contribution in [3.05, 3.63) is 59.5 Å². The largest absolute Gasteiger partial charge is 0.469 e. The van der Waals surface area contributed by atoms with E-state index in [9.17, 15) is 18.0 Å². The van der Waals surface area contributed by atoms with Crippen LogP contribution >= 0.6 is 0 Å². The summed E-state index contributed by atoms with van der Waals surface area (Å²) in [5.74, 6) is 0.361. The molecule has 2 N–H and O–H groups in total. The number of carbonyl (C=O) groups excluding carboxylic acids is 2. The first-order valence-corrected chi connectivity index (χ1v) is 10.9. The molecule has 0 fully saturated rings. The summed E-state index contributed by atoms with van der Waals surface area (Å²) in [4.78, 5) is 25.1. The van der Waals surface area contributed by atoms with Crippen molar-refractivity contribution in [3.8, 4) is 0 Å². The van der Waals surface area contributed by atoms with Crippen LogP contribution in [0.2, 0.25) is 0 Å². The van der Waals surface area contributed by atoms with E-state index in [-0.39, 0.29) is 22.8 Å². The maximum absolute atomic E-state index is 12.8. The van der Waals surface area contributed by atoms with E-state index in [0.717, 1.165) is 4.31 Å². The van der Waals surface area contributed by atoms with Crippen LogP contribution in [0.25, 0.3) is 0 Å². The van der Waals surface area contributed by atoms with Crippen LogP contribution in [0.3, 0.4) is 0 Å². The minimum atomic E-state index is -3.59. The number of benzene rings is 1. The zero-order valence-electron chi connectivity index (χ0n) is 17.1. The van der Waals surface area contributed by atoms with Crippen LogP contribution in [0, 0.1) is 0 Å². The molecule has 4 rings (SSSR count). The molecule has 31 heavy (non-hydrogen) atoms. The van der Waals surface area contributed by atoms with E-state index >= 15 is 0 Å². The minimum absolute atomic E-state index is 0.0878. The summed E-state index contributed by atoms with van der Waals surface area (Å²) in [5, 5.41) is 9.91. The predicted molar refractivity (Wildman–Crippen MR) is 112 cm³/mol. The lowest BCUT2D eigenvalue weighted by atomic mass is 9.91. The minimum Gasteiger partial charge on any atom is -0.469 e. The number of nitrogens with one attached hydrogen (secondary N) is 2. The van der Waals surface area contributed by atoms with Gasteiger partial charge in [-0.25, -0.2) is 12.7 Å². The van der Waals surface area contributed by atoms with E-state index < -0.39 is 21.8 Å². The normalized spacial score (nSPS) is 16.1. The van der Waals surface area contributed by atoms with Crippen molar-refractivity contribution < 1.29 is 22.4 Å². The highest BCUT2D eigenvalue weighted by Crippen LogP contribution is 2.41. The molecule has 1 aliphatic heterocycles. The van der Waals surface area contributed by atoms with E-state index in [4.69, 9.17) is 4.42 Å². The molecule has 1 atom stereocenters.